The first-order valence-electron chi connectivity index (χ1n) is 10.6. The fourth-order valence-electron chi connectivity index (χ4n) is 3.83. The zero-order chi connectivity index (χ0) is 22.7. The van der Waals surface area contributed by atoms with Crippen LogP contribution < -0.4 is 10.9 Å². The predicted octanol–water partition coefficient (Wildman–Crippen LogP) is 5.49. The minimum Gasteiger partial charge on any atom is -0.322 e. The van der Waals surface area contributed by atoms with Crippen LogP contribution in [0.15, 0.2) is 89.7 Å². The van der Waals surface area contributed by atoms with Crippen molar-refractivity contribution in [1.29, 1.82) is 0 Å². The van der Waals surface area contributed by atoms with Gasteiger partial charge in [-0.3, -0.25) is 9.59 Å². The topological polar surface area (TPSA) is 64.0 Å². The molecule has 1 heterocycles. The van der Waals surface area contributed by atoms with E-state index in [9.17, 15) is 9.59 Å². The van der Waals surface area contributed by atoms with E-state index in [-0.39, 0.29) is 11.5 Å². The molecule has 0 radical (unpaired) electrons. The quantitative estimate of drug-likeness (QED) is 0.462. The van der Waals surface area contributed by atoms with Gasteiger partial charge < -0.3 is 5.32 Å². The molecule has 4 rings (SSSR count). The molecule has 5 heteroatoms. The Kier molecular flexibility index (Phi) is 5.99. The average Bonchev–Trinajstić information content (AvgIpc) is 2.81. The number of carbonyl (C=O) groups excluding carboxylic acids is 1. The average molecular weight is 424 g/mol. The number of amides is 1. The van der Waals surface area contributed by atoms with Crippen LogP contribution in [-0.2, 0) is 7.05 Å². The Morgan fingerprint density at radius 1 is 0.844 bits per heavy atom. The van der Waals surface area contributed by atoms with Gasteiger partial charge in [-0.25, -0.2) is 4.68 Å². The Bertz CT molecular complexity index is 1310. The van der Waals surface area contributed by atoms with Crippen molar-refractivity contribution in [3.05, 3.63) is 106 Å². The maximum absolute atomic E-state index is 13.6. The lowest BCUT2D eigenvalue weighted by molar-refractivity contribution is 0.102. The second kappa shape index (κ2) is 9.02. The Morgan fingerprint density at radius 2 is 1.41 bits per heavy atom. The lowest BCUT2D eigenvalue weighted by Gasteiger charge is -2.17. The van der Waals surface area contributed by atoms with E-state index >= 15 is 0 Å². The highest BCUT2D eigenvalue weighted by atomic mass is 16.2. The molecule has 0 saturated heterocycles. The molecule has 0 fully saturated rings. The summed E-state index contributed by atoms with van der Waals surface area (Å²) in [6, 6.07) is 26.7. The summed E-state index contributed by atoms with van der Waals surface area (Å²) in [5.41, 5.74) is 4.05. The monoisotopic (exact) mass is 423 g/mol. The Balaban J connectivity index is 1.95. The number of hydrogen-bond donors (Lipinski definition) is 1. The molecule has 0 spiro atoms. The minimum atomic E-state index is -0.447. The molecule has 0 unspecified atom stereocenters. The van der Waals surface area contributed by atoms with Crippen LogP contribution >= 0.6 is 0 Å². The Hall–Kier alpha value is -3.99. The van der Waals surface area contributed by atoms with Gasteiger partial charge >= 0.3 is 0 Å². The number of rotatable bonds is 5. The first-order valence-corrected chi connectivity index (χ1v) is 10.6. The summed E-state index contributed by atoms with van der Waals surface area (Å²) in [5, 5.41) is 7.52. The van der Waals surface area contributed by atoms with Gasteiger partial charge in [0.2, 0.25) is 0 Å². The molecule has 160 valence electrons. The number of anilines is 1. The largest absolute Gasteiger partial charge is 0.322 e. The summed E-state index contributed by atoms with van der Waals surface area (Å²) in [6.45, 7) is 4.14. The highest BCUT2D eigenvalue weighted by Gasteiger charge is 2.25. The third-order valence-electron chi connectivity index (χ3n) is 5.41. The number of nitrogens with one attached hydrogen (secondary N) is 1. The van der Waals surface area contributed by atoms with E-state index in [1.807, 2.05) is 84.9 Å². The number of aromatic nitrogens is 2. The Labute approximate surface area is 187 Å². The molecular weight excluding hydrogens is 398 g/mol. The molecule has 32 heavy (non-hydrogen) atoms. The van der Waals surface area contributed by atoms with Gasteiger partial charge in [0.05, 0.1) is 5.69 Å². The van der Waals surface area contributed by atoms with Crippen LogP contribution in [0, 0.1) is 0 Å². The van der Waals surface area contributed by atoms with Crippen molar-refractivity contribution in [2.75, 3.05) is 5.32 Å². The lowest BCUT2D eigenvalue weighted by atomic mass is 9.94. The fraction of sp³-hybridized carbons (Fsp3) is 0.148. The molecule has 5 nitrogen and oxygen atoms in total. The summed E-state index contributed by atoms with van der Waals surface area (Å²) in [7, 11) is 1.57. The number of para-hydroxylation sites is 1. The van der Waals surface area contributed by atoms with Crippen molar-refractivity contribution in [2.24, 2.45) is 7.05 Å². The fourth-order valence-corrected chi connectivity index (χ4v) is 3.83. The van der Waals surface area contributed by atoms with Gasteiger partial charge in [0.15, 0.2) is 0 Å². The second-order valence-electron chi connectivity index (χ2n) is 7.96. The van der Waals surface area contributed by atoms with Crippen LogP contribution in [0.5, 0.6) is 0 Å². The van der Waals surface area contributed by atoms with Crippen LogP contribution in [0.2, 0.25) is 0 Å². The summed E-state index contributed by atoms with van der Waals surface area (Å²) in [5.74, 6) is -0.225. The molecular formula is C27H25N3O2. The van der Waals surface area contributed by atoms with Gasteiger partial charge in [0.1, 0.15) is 5.56 Å². The van der Waals surface area contributed by atoms with Crippen LogP contribution in [0.1, 0.15) is 35.7 Å². The van der Waals surface area contributed by atoms with E-state index in [1.54, 1.807) is 7.05 Å². The Morgan fingerprint density at radius 3 is 2.03 bits per heavy atom. The highest BCUT2D eigenvalue weighted by molar-refractivity contribution is 6.10. The maximum Gasteiger partial charge on any atom is 0.280 e. The maximum atomic E-state index is 13.6. The SMILES string of the molecule is CC(C)c1ccccc1NC(=O)c1c(-c2ccccc2)c(-c2ccccc2)nn(C)c1=O. The zero-order valence-corrected chi connectivity index (χ0v) is 18.4. The molecule has 1 aromatic heterocycles. The van der Waals surface area contributed by atoms with Crippen LogP contribution in [0.3, 0.4) is 0 Å². The van der Waals surface area contributed by atoms with E-state index in [1.165, 1.54) is 4.68 Å². The van der Waals surface area contributed by atoms with Crippen molar-refractivity contribution < 1.29 is 4.79 Å². The highest BCUT2D eigenvalue weighted by Crippen LogP contribution is 2.32. The van der Waals surface area contributed by atoms with Crippen molar-refractivity contribution in [3.63, 3.8) is 0 Å². The van der Waals surface area contributed by atoms with E-state index in [2.05, 4.69) is 24.3 Å². The van der Waals surface area contributed by atoms with Crippen molar-refractivity contribution in [1.82, 2.24) is 9.78 Å². The van der Waals surface area contributed by atoms with Gasteiger partial charge in [-0.05, 0) is 23.1 Å². The third-order valence-corrected chi connectivity index (χ3v) is 5.41. The molecule has 0 atom stereocenters. The molecule has 1 amide bonds. The third kappa shape index (κ3) is 4.10. The van der Waals surface area contributed by atoms with Gasteiger partial charge in [-0.2, -0.15) is 5.10 Å². The molecule has 4 aromatic rings. The van der Waals surface area contributed by atoms with E-state index in [0.717, 1.165) is 16.7 Å². The molecule has 0 bridgehead atoms. The predicted molar refractivity (Wildman–Crippen MR) is 129 cm³/mol. The summed E-state index contributed by atoms with van der Waals surface area (Å²) in [4.78, 5) is 26.8. The first kappa shape index (κ1) is 21.2. The first-order chi connectivity index (χ1) is 15.5. The number of hydrogen-bond acceptors (Lipinski definition) is 3. The van der Waals surface area contributed by atoms with Crippen LogP contribution in [0.4, 0.5) is 5.69 Å². The molecule has 0 aliphatic heterocycles. The van der Waals surface area contributed by atoms with E-state index in [4.69, 9.17) is 0 Å². The smallest absolute Gasteiger partial charge is 0.280 e. The zero-order valence-electron chi connectivity index (χ0n) is 18.4. The van der Waals surface area contributed by atoms with Gasteiger partial charge in [0, 0.05) is 23.9 Å². The van der Waals surface area contributed by atoms with Gasteiger partial charge in [-0.1, -0.05) is 92.7 Å². The van der Waals surface area contributed by atoms with E-state index < -0.39 is 11.5 Å². The summed E-state index contributed by atoms with van der Waals surface area (Å²) in [6.07, 6.45) is 0. The second-order valence-corrected chi connectivity index (χ2v) is 7.96. The molecule has 0 aliphatic carbocycles. The summed E-state index contributed by atoms with van der Waals surface area (Å²) >= 11 is 0. The van der Waals surface area contributed by atoms with Crippen molar-refractivity contribution in [2.45, 2.75) is 19.8 Å². The van der Waals surface area contributed by atoms with E-state index in [0.29, 0.717) is 16.9 Å². The lowest BCUT2D eigenvalue weighted by Crippen LogP contribution is -2.31. The van der Waals surface area contributed by atoms with Crippen molar-refractivity contribution in [3.8, 4) is 22.4 Å². The number of carbonyl (C=O) groups is 1. The van der Waals surface area contributed by atoms with Crippen molar-refractivity contribution >= 4 is 11.6 Å². The van der Waals surface area contributed by atoms with Gasteiger partial charge in [-0.15, -0.1) is 0 Å². The standard InChI is InChI=1S/C27H25N3O2/c1-18(2)21-16-10-11-17-22(21)28-26(31)24-23(19-12-6-4-7-13-19)25(29-30(3)27(24)32)20-14-8-5-9-15-20/h4-18H,1-3H3,(H,28,31). The molecule has 0 aliphatic rings. The minimum absolute atomic E-state index is 0.0751. The van der Waals surface area contributed by atoms with Crippen LogP contribution in [-0.4, -0.2) is 15.7 Å². The number of aryl methyl sites for hydroxylation is 1. The normalized spacial score (nSPS) is 10.9. The van der Waals surface area contributed by atoms with Gasteiger partial charge in [0.25, 0.3) is 11.5 Å². The number of nitrogens with zero attached hydrogens (tertiary/aromatic N) is 2. The molecule has 3 aromatic carbocycles. The summed E-state index contributed by atoms with van der Waals surface area (Å²) < 4.78 is 1.23. The number of benzene rings is 3. The molecule has 1 N–H and O–H groups in total. The van der Waals surface area contributed by atoms with Crippen LogP contribution in [0.25, 0.3) is 22.4 Å². The molecule has 0 saturated carbocycles.